The molecule has 2 aromatic rings. The van der Waals surface area contributed by atoms with E-state index in [1.807, 2.05) is 49.4 Å². The molecule has 6 heteroatoms. The minimum Gasteiger partial charge on any atom is -0.486 e. The van der Waals surface area contributed by atoms with Crippen LogP contribution in [0.5, 0.6) is 11.5 Å². The summed E-state index contributed by atoms with van der Waals surface area (Å²) in [7, 11) is 0. The van der Waals surface area contributed by atoms with Gasteiger partial charge in [-0.1, -0.05) is 46.3 Å². The summed E-state index contributed by atoms with van der Waals surface area (Å²) in [5.74, 6) is 1.25. The lowest BCUT2D eigenvalue weighted by atomic mass is 10.1. The molecule has 5 nitrogen and oxygen atoms in total. The molecule has 2 unspecified atom stereocenters. The first kappa shape index (κ1) is 18.7. The highest BCUT2D eigenvalue weighted by Crippen LogP contribution is 2.37. The second-order valence-corrected chi connectivity index (χ2v) is 7.04. The Labute approximate surface area is 161 Å². The molecule has 2 atom stereocenters. The maximum Gasteiger partial charge on any atom is 0.249 e. The van der Waals surface area contributed by atoms with Crippen LogP contribution in [-0.4, -0.2) is 25.2 Å². The summed E-state index contributed by atoms with van der Waals surface area (Å²) in [5, 5.41) is 2.99. The van der Waals surface area contributed by atoms with Gasteiger partial charge in [0, 0.05) is 4.47 Å². The number of carbonyl (C=O) groups is 1. The molecule has 138 valence electrons. The zero-order chi connectivity index (χ0) is 18.5. The van der Waals surface area contributed by atoms with Gasteiger partial charge in [0.1, 0.15) is 19.3 Å². The summed E-state index contributed by atoms with van der Waals surface area (Å²) in [4.78, 5) is 12.4. The summed E-state index contributed by atoms with van der Waals surface area (Å²) in [6.45, 7) is 5.15. The van der Waals surface area contributed by atoms with Crippen molar-refractivity contribution in [3.05, 3.63) is 58.1 Å². The van der Waals surface area contributed by atoms with E-state index in [1.54, 1.807) is 6.92 Å². The van der Waals surface area contributed by atoms with E-state index in [-0.39, 0.29) is 11.9 Å². The number of fused-ring (bicyclic) bond motifs is 1. The molecule has 0 bridgehead atoms. The molecule has 1 aliphatic rings. The summed E-state index contributed by atoms with van der Waals surface area (Å²) < 4.78 is 17.7. The van der Waals surface area contributed by atoms with Crippen molar-refractivity contribution in [2.45, 2.75) is 32.6 Å². The van der Waals surface area contributed by atoms with E-state index in [9.17, 15) is 4.79 Å². The number of nitrogens with one attached hydrogen (secondary N) is 1. The summed E-state index contributed by atoms with van der Waals surface area (Å²) in [6, 6.07) is 13.4. The molecular weight excluding hydrogens is 398 g/mol. The number of amides is 1. The third-order valence-electron chi connectivity index (χ3n) is 4.20. The van der Waals surface area contributed by atoms with Crippen molar-refractivity contribution in [2.75, 3.05) is 13.2 Å². The zero-order valence-corrected chi connectivity index (χ0v) is 16.4. The van der Waals surface area contributed by atoms with Crippen LogP contribution >= 0.6 is 15.9 Å². The zero-order valence-electron chi connectivity index (χ0n) is 14.8. The van der Waals surface area contributed by atoms with Gasteiger partial charge in [0.25, 0.3) is 0 Å². The maximum absolute atomic E-state index is 12.4. The second-order valence-electron chi connectivity index (χ2n) is 6.19. The smallest absolute Gasteiger partial charge is 0.249 e. The molecule has 26 heavy (non-hydrogen) atoms. The Morgan fingerprint density at radius 2 is 1.81 bits per heavy atom. The molecule has 0 spiro atoms. The third-order valence-corrected chi connectivity index (χ3v) is 4.89. The largest absolute Gasteiger partial charge is 0.486 e. The van der Waals surface area contributed by atoms with E-state index >= 15 is 0 Å². The Morgan fingerprint density at radius 3 is 2.50 bits per heavy atom. The van der Waals surface area contributed by atoms with Gasteiger partial charge >= 0.3 is 0 Å². The minimum atomic E-state index is -0.548. The molecule has 3 rings (SSSR count). The van der Waals surface area contributed by atoms with Gasteiger partial charge in [-0.2, -0.15) is 0 Å². The fourth-order valence-electron chi connectivity index (χ4n) is 2.69. The highest BCUT2D eigenvalue weighted by atomic mass is 79.9. The fraction of sp³-hybridized carbons (Fsp3) is 0.350. The molecular formula is C20H22BrNO4. The summed E-state index contributed by atoms with van der Waals surface area (Å²) >= 11 is 3.55. The monoisotopic (exact) mass is 419 g/mol. The van der Waals surface area contributed by atoms with Crippen molar-refractivity contribution < 1.29 is 19.0 Å². The standard InChI is InChI=1S/C20H22BrNO4/c1-13(16-10-18-19(11-17(16)21)25-9-8-24-18)22-20(23)14(2)26-12-15-6-4-3-5-7-15/h3-7,10-11,13-14H,8-9,12H2,1-2H3,(H,22,23). The van der Waals surface area contributed by atoms with Crippen molar-refractivity contribution in [1.29, 1.82) is 0 Å². The average Bonchev–Trinajstić information content (AvgIpc) is 2.66. The highest BCUT2D eigenvalue weighted by Gasteiger charge is 2.21. The normalized spacial score (nSPS) is 15.2. The molecule has 1 heterocycles. The van der Waals surface area contributed by atoms with Crippen LogP contribution < -0.4 is 14.8 Å². The van der Waals surface area contributed by atoms with Gasteiger partial charge < -0.3 is 19.5 Å². The van der Waals surface area contributed by atoms with Gasteiger partial charge in [-0.25, -0.2) is 0 Å². The van der Waals surface area contributed by atoms with Gasteiger partial charge in [0.05, 0.1) is 12.6 Å². The topological polar surface area (TPSA) is 56.8 Å². The van der Waals surface area contributed by atoms with Crippen LogP contribution in [0.25, 0.3) is 0 Å². The number of carbonyl (C=O) groups excluding carboxylic acids is 1. The first-order valence-corrected chi connectivity index (χ1v) is 9.39. The van der Waals surface area contributed by atoms with Crippen LogP contribution in [0.15, 0.2) is 46.9 Å². The van der Waals surface area contributed by atoms with Crippen molar-refractivity contribution in [2.24, 2.45) is 0 Å². The van der Waals surface area contributed by atoms with Crippen LogP contribution in [-0.2, 0) is 16.1 Å². The molecule has 2 aromatic carbocycles. The molecule has 0 saturated heterocycles. The van der Waals surface area contributed by atoms with Gasteiger partial charge in [-0.3, -0.25) is 4.79 Å². The van der Waals surface area contributed by atoms with E-state index in [4.69, 9.17) is 14.2 Å². The number of hydrogen-bond acceptors (Lipinski definition) is 4. The Kier molecular flexibility index (Phi) is 6.16. The second kappa shape index (κ2) is 8.56. The van der Waals surface area contributed by atoms with Crippen LogP contribution in [0.3, 0.4) is 0 Å². The quantitative estimate of drug-likeness (QED) is 0.768. The molecule has 1 aliphatic heterocycles. The predicted octanol–water partition coefficient (Wildman–Crippen LogP) is 4.00. The Morgan fingerprint density at radius 1 is 1.15 bits per heavy atom. The van der Waals surface area contributed by atoms with E-state index in [0.717, 1.165) is 15.6 Å². The SMILES string of the molecule is CC(OCc1ccccc1)C(=O)NC(C)c1cc2c(cc1Br)OCCO2. The van der Waals surface area contributed by atoms with Crippen molar-refractivity contribution in [3.63, 3.8) is 0 Å². The van der Waals surface area contributed by atoms with Crippen molar-refractivity contribution in [1.82, 2.24) is 5.32 Å². The highest BCUT2D eigenvalue weighted by molar-refractivity contribution is 9.10. The van der Waals surface area contributed by atoms with Crippen LogP contribution in [0.4, 0.5) is 0 Å². The van der Waals surface area contributed by atoms with E-state index in [1.165, 1.54) is 0 Å². The number of hydrogen-bond donors (Lipinski definition) is 1. The van der Waals surface area contributed by atoms with E-state index in [2.05, 4.69) is 21.2 Å². The number of rotatable bonds is 6. The number of halogens is 1. The predicted molar refractivity (Wildman–Crippen MR) is 102 cm³/mol. The molecule has 0 aliphatic carbocycles. The lowest BCUT2D eigenvalue weighted by molar-refractivity contribution is -0.133. The van der Waals surface area contributed by atoms with Gasteiger partial charge in [-0.15, -0.1) is 0 Å². The van der Waals surface area contributed by atoms with Gasteiger partial charge in [0.2, 0.25) is 5.91 Å². The maximum atomic E-state index is 12.4. The molecule has 1 N–H and O–H groups in total. The Bertz CT molecular complexity index is 766. The number of benzene rings is 2. The van der Waals surface area contributed by atoms with Crippen molar-refractivity contribution in [3.8, 4) is 11.5 Å². The minimum absolute atomic E-state index is 0.157. The molecule has 0 radical (unpaired) electrons. The summed E-state index contributed by atoms with van der Waals surface area (Å²) in [5.41, 5.74) is 1.97. The fourth-order valence-corrected chi connectivity index (χ4v) is 3.36. The number of ether oxygens (including phenoxy) is 3. The van der Waals surface area contributed by atoms with Crippen molar-refractivity contribution >= 4 is 21.8 Å². The van der Waals surface area contributed by atoms with Crippen LogP contribution in [0.1, 0.15) is 31.0 Å². The molecule has 0 aromatic heterocycles. The molecule has 1 amide bonds. The Hall–Kier alpha value is -2.05. The van der Waals surface area contributed by atoms with Gasteiger partial charge in [-0.05, 0) is 37.1 Å². The molecule has 0 fully saturated rings. The lowest BCUT2D eigenvalue weighted by Crippen LogP contribution is -2.36. The third kappa shape index (κ3) is 4.56. The van der Waals surface area contributed by atoms with E-state index < -0.39 is 6.10 Å². The average molecular weight is 420 g/mol. The van der Waals surface area contributed by atoms with Gasteiger partial charge in [0.15, 0.2) is 11.5 Å². The first-order chi connectivity index (χ1) is 12.5. The molecule has 0 saturated carbocycles. The first-order valence-electron chi connectivity index (χ1n) is 8.59. The lowest BCUT2D eigenvalue weighted by Gasteiger charge is -2.23. The Balaban J connectivity index is 1.60. The van der Waals surface area contributed by atoms with E-state index in [0.29, 0.717) is 31.3 Å². The van der Waals surface area contributed by atoms with Crippen LogP contribution in [0, 0.1) is 0 Å². The van der Waals surface area contributed by atoms with Crippen LogP contribution in [0.2, 0.25) is 0 Å². The summed E-state index contributed by atoms with van der Waals surface area (Å²) in [6.07, 6.45) is -0.548.